The highest BCUT2D eigenvalue weighted by Gasteiger charge is 2.48. The summed E-state index contributed by atoms with van der Waals surface area (Å²) >= 11 is 0. The van der Waals surface area contributed by atoms with Crippen molar-refractivity contribution in [3.05, 3.63) is 42.8 Å². The van der Waals surface area contributed by atoms with Crippen molar-refractivity contribution in [2.75, 3.05) is 0 Å². The van der Waals surface area contributed by atoms with Gasteiger partial charge in [-0.05, 0) is 0 Å². The predicted octanol–water partition coefficient (Wildman–Crippen LogP) is 2.16. The van der Waals surface area contributed by atoms with E-state index in [1.54, 1.807) is 24.3 Å². The van der Waals surface area contributed by atoms with Gasteiger partial charge in [-0.15, -0.1) is 0 Å². The molecule has 4 heteroatoms. The minimum Gasteiger partial charge on any atom is -0.382 e. The Morgan fingerprint density at radius 1 is 1.27 bits per heavy atom. The maximum absolute atomic E-state index is 11.6. The van der Waals surface area contributed by atoms with Crippen molar-refractivity contribution in [2.45, 2.75) is 6.92 Å². The number of amides is 2. The van der Waals surface area contributed by atoms with Crippen LogP contribution < -0.4 is 4.48 Å². The SMILES string of the molecule is CC(=O)[N+]1(c2ccccc2)C=COC1=O. The molecule has 0 aliphatic carbocycles. The molecule has 4 nitrogen and oxygen atoms in total. The van der Waals surface area contributed by atoms with Crippen LogP contribution in [0.25, 0.3) is 0 Å². The second-order valence-corrected chi connectivity index (χ2v) is 3.25. The van der Waals surface area contributed by atoms with Crippen LogP contribution >= 0.6 is 0 Å². The van der Waals surface area contributed by atoms with Crippen LogP contribution in [0.1, 0.15) is 6.92 Å². The quantitative estimate of drug-likeness (QED) is 0.658. The van der Waals surface area contributed by atoms with E-state index in [9.17, 15) is 9.59 Å². The van der Waals surface area contributed by atoms with Crippen LogP contribution in [-0.4, -0.2) is 12.0 Å². The average Bonchev–Trinajstić information content (AvgIpc) is 2.62. The maximum atomic E-state index is 11.6. The van der Waals surface area contributed by atoms with E-state index in [-0.39, 0.29) is 5.91 Å². The van der Waals surface area contributed by atoms with Crippen molar-refractivity contribution in [1.29, 1.82) is 0 Å². The Bertz CT molecular complexity index is 438. The molecule has 1 atom stereocenters. The molecular weight excluding hydrogens is 194 g/mol. The lowest BCUT2D eigenvalue weighted by Crippen LogP contribution is -2.50. The molecule has 0 spiro atoms. The molecule has 76 valence electrons. The zero-order valence-corrected chi connectivity index (χ0v) is 8.21. The number of hydrogen-bond acceptors (Lipinski definition) is 3. The number of cyclic esters (lactones) is 1. The highest BCUT2D eigenvalue weighted by molar-refractivity contribution is 6.07. The number of nitrogens with zero attached hydrogens (tertiary/aromatic N) is 1. The first kappa shape index (κ1) is 9.61. The van der Waals surface area contributed by atoms with Crippen molar-refractivity contribution in [3.63, 3.8) is 0 Å². The van der Waals surface area contributed by atoms with Gasteiger partial charge in [0.05, 0.1) is 6.92 Å². The summed E-state index contributed by atoms with van der Waals surface area (Å²) < 4.78 is 4.22. The first-order valence-corrected chi connectivity index (χ1v) is 4.52. The van der Waals surface area contributed by atoms with Crippen molar-refractivity contribution in [1.82, 2.24) is 4.48 Å². The largest absolute Gasteiger partial charge is 0.538 e. The normalized spacial score (nSPS) is 23.9. The second-order valence-electron chi connectivity index (χ2n) is 3.25. The molecule has 1 aromatic rings. The van der Waals surface area contributed by atoms with E-state index in [1.807, 2.05) is 6.07 Å². The molecule has 0 aromatic heterocycles. The minimum absolute atomic E-state index is 0.292. The topological polar surface area (TPSA) is 43.4 Å². The molecule has 0 fully saturated rings. The Hall–Kier alpha value is -1.94. The summed E-state index contributed by atoms with van der Waals surface area (Å²) in [6.45, 7) is 1.36. The number of carbonyl (C=O) groups excluding carboxylic acids is 2. The summed E-state index contributed by atoms with van der Waals surface area (Å²) in [7, 11) is 0. The van der Waals surface area contributed by atoms with Gasteiger partial charge >= 0.3 is 12.0 Å². The third-order valence-corrected chi connectivity index (χ3v) is 2.40. The monoisotopic (exact) mass is 204 g/mol. The zero-order chi connectivity index (χ0) is 10.9. The lowest BCUT2D eigenvalue weighted by Gasteiger charge is -2.20. The molecule has 0 saturated carbocycles. The van der Waals surface area contributed by atoms with Gasteiger partial charge in [-0.3, -0.25) is 0 Å². The number of ether oxygens (including phenoxy) is 1. The van der Waals surface area contributed by atoms with Crippen molar-refractivity contribution < 1.29 is 14.3 Å². The van der Waals surface area contributed by atoms with Gasteiger partial charge in [0.25, 0.3) is 0 Å². The van der Waals surface area contributed by atoms with E-state index >= 15 is 0 Å². The number of benzene rings is 1. The van der Waals surface area contributed by atoms with Crippen LogP contribution in [0.2, 0.25) is 0 Å². The van der Waals surface area contributed by atoms with Gasteiger partial charge in [0.2, 0.25) is 0 Å². The molecule has 1 aliphatic rings. The third kappa shape index (κ3) is 1.27. The van der Waals surface area contributed by atoms with Crippen molar-refractivity contribution >= 4 is 17.7 Å². The number of quaternary nitrogens is 1. The van der Waals surface area contributed by atoms with Crippen molar-refractivity contribution in [2.24, 2.45) is 0 Å². The molecule has 2 rings (SSSR count). The number of hydrogen-bond donors (Lipinski definition) is 0. The Morgan fingerprint density at radius 3 is 2.40 bits per heavy atom. The van der Waals surface area contributed by atoms with E-state index in [2.05, 4.69) is 0 Å². The first-order chi connectivity index (χ1) is 7.18. The molecule has 15 heavy (non-hydrogen) atoms. The molecule has 1 unspecified atom stereocenters. The molecule has 0 saturated heterocycles. The summed E-state index contributed by atoms with van der Waals surface area (Å²) in [4.78, 5) is 23.2. The Balaban J connectivity index is 2.59. The Labute approximate surface area is 87.0 Å². The number of carbonyl (C=O) groups is 2. The average molecular weight is 204 g/mol. The zero-order valence-electron chi connectivity index (χ0n) is 8.21. The highest BCUT2D eigenvalue weighted by atomic mass is 16.6. The molecular formula is C11H10NO3+. The lowest BCUT2D eigenvalue weighted by molar-refractivity contribution is -0.123. The van der Waals surface area contributed by atoms with E-state index in [0.717, 1.165) is 0 Å². The number of rotatable bonds is 1. The predicted molar refractivity (Wildman–Crippen MR) is 54.5 cm³/mol. The summed E-state index contributed by atoms with van der Waals surface area (Å²) in [6, 6.07) is 8.82. The molecule has 0 bridgehead atoms. The molecule has 0 radical (unpaired) electrons. The molecule has 1 heterocycles. The van der Waals surface area contributed by atoms with E-state index < -0.39 is 10.6 Å². The van der Waals surface area contributed by atoms with Crippen LogP contribution in [0.15, 0.2) is 42.8 Å². The Morgan fingerprint density at radius 2 is 1.93 bits per heavy atom. The maximum Gasteiger partial charge on any atom is 0.538 e. The van der Waals surface area contributed by atoms with Crippen LogP contribution in [0.5, 0.6) is 0 Å². The van der Waals surface area contributed by atoms with Gasteiger partial charge in [0.1, 0.15) is 0 Å². The fourth-order valence-electron chi connectivity index (χ4n) is 1.59. The van der Waals surface area contributed by atoms with E-state index in [4.69, 9.17) is 4.74 Å². The standard InChI is InChI=1S/C11H10NO3/c1-9(13)12(7-8-15-11(12)14)10-5-3-2-4-6-10/h2-8H,1H3/q+1. The lowest BCUT2D eigenvalue weighted by atomic mass is 10.2. The van der Waals surface area contributed by atoms with Gasteiger partial charge in [-0.1, -0.05) is 22.7 Å². The summed E-state index contributed by atoms with van der Waals surface area (Å²) in [5.74, 6) is -0.292. The van der Waals surface area contributed by atoms with Gasteiger partial charge in [-0.25, -0.2) is 4.79 Å². The van der Waals surface area contributed by atoms with Crippen LogP contribution in [0.4, 0.5) is 10.5 Å². The smallest absolute Gasteiger partial charge is 0.382 e. The van der Waals surface area contributed by atoms with E-state index in [1.165, 1.54) is 19.4 Å². The number of imide groups is 1. The van der Waals surface area contributed by atoms with Crippen LogP contribution in [0.3, 0.4) is 0 Å². The van der Waals surface area contributed by atoms with Gasteiger partial charge in [-0.2, -0.15) is 4.79 Å². The fraction of sp³-hybridized carbons (Fsp3) is 0.0909. The van der Waals surface area contributed by atoms with Crippen LogP contribution in [0, 0.1) is 0 Å². The van der Waals surface area contributed by atoms with E-state index in [0.29, 0.717) is 5.69 Å². The van der Waals surface area contributed by atoms with Gasteiger partial charge in [0, 0.05) is 12.1 Å². The summed E-state index contributed by atoms with van der Waals surface area (Å²) in [6.07, 6.45) is 2.10. The minimum atomic E-state index is -0.589. The Kier molecular flexibility index (Phi) is 2.13. The molecule has 1 aromatic carbocycles. The summed E-state index contributed by atoms with van der Waals surface area (Å²) in [5.41, 5.74) is 0.587. The molecule has 0 N–H and O–H groups in total. The molecule has 1 aliphatic heterocycles. The van der Waals surface area contributed by atoms with Gasteiger partial charge in [0.15, 0.2) is 18.1 Å². The fourth-order valence-corrected chi connectivity index (χ4v) is 1.59. The van der Waals surface area contributed by atoms with Gasteiger partial charge < -0.3 is 4.74 Å². The van der Waals surface area contributed by atoms with Crippen molar-refractivity contribution in [3.8, 4) is 0 Å². The van der Waals surface area contributed by atoms with Crippen LogP contribution in [-0.2, 0) is 9.53 Å². The second kappa shape index (κ2) is 3.33. The molecule has 2 amide bonds. The summed E-state index contributed by atoms with van der Waals surface area (Å²) in [5, 5.41) is 0. The number of para-hydroxylation sites is 1. The highest BCUT2D eigenvalue weighted by Crippen LogP contribution is 2.29. The first-order valence-electron chi connectivity index (χ1n) is 4.52. The third-order valence-electron chi connectivity index (χ3n) is 2.40.